The summed E-state index contributed by atoms with van der Waals surface area (Å²) in [5.41, 5.74) is 8.29. The van der Waals surface area contributed by atoms with Crippen LogP contribution < -0.4 is 21.1 Å². The molecular weight excluding hydrogens is 493 g/mol. The summed E-state index contributed by atoms with van der Waals surface area (Å²) in [4.78, 5) is 21.0. The lowest BCUT2D eigenvalue weighted by atomic mass is 9.89. The maximum Gasteiger partial charge on any atom is 0.319 e. The molecule has 0 radical (unpaired) electrons. The van der Waals surface area contributed by atoms with Crippen LogP contribution in [-0.2, 0) is 0 Å². The van der Waals surface area contributed by atoms with Crippen molar-refractivity contribution in [2.24, 2.45) is 0 Å². The molecule has 0 spiro atoms. The second-order valence-corrected chi connectivity index (χ2v) is 10.2. The summed E-state index contributed by atoms with van der Waals surface area (Å²) in [6.45, 7) is 5.81. The number of nitrogens with zero attached hydrogens (tertiary/aromatic N) is 2. The number of urea groups is 1. The van der Waals surface area contributed by atoms with Gasteiger partial charge in [-0.1, -0.05) is 24.3 Å². The first-order valence-electron chi connectivity index (χ1n) is 12.7. The molecule has 0 aliphatic carbocycles. The average molecular weight is 524 g/mol. The number of halogens is 1. The van der Waals surface area contributed by atoms with Crippen molar-refractivity contribution in [1.29, 1.82) is 0 Å². The number of aromatic nitrogens is 2. The molecule has 5 aromatic rings. The maximum absolute atomic E-state index is 13.8. The van der Waals surface area contributed by atoms with Crippen LogP contribution in [0.4, 0.5) is 20.6 Å². The summed E-state index contributed by atoms with van der Waals surface area (Å²) in [7, 11) is 0. The molecule has 198 valence electrons. The number of aryl methyl sites for hydroxylation is 1. The van der Waals surface area contributed by atoms with Gasteiger partial charge in [0.25, 0.3) is 0 Å². The van der Waals surface area contributed by atoms with E-state index >= 15 is 0 Å². The van der Waals surface area contributed by atoms with Gasteiger partial charge in [-0.25, -0.2) is 9.18 Å². The van der Waals surface area contributed by atoms with Crippen molar-refractivity contribution in [3.63, 3.8) is 0 Å². The number of carbonyl (C=O) groups is 1. The predicted octanol–water partition coefficient (Wildman–Crippen LogP) is 6.92. The van der Waals surface area contributed by atoms with Crippen molar-refractivity contribution in [2.45, 2.75) is 38.8 Å². The number of nitrogens with one attached hydrogen (secondary N) is 2. The van der Waals surface area contributed by atoms with E-state index in [9.17, 15) is 9.18 Å². The van der Waals surface area contributed by atoms with Crippen LogP contribution in [0.25, 0.3) is 21.5 Å². The minimum atomic E-state index is -0.467. The SMILES string of the molecule is Cc1cc2c(NC(=O)N[C@@H]3CC(C)(C)Oc4ccc(F)cc43)cccc2cn1.Nc1cccc2cnccc12. The van der Waals surface area contributed by atoms with Crippen LogP contribution in [0.5, 0.6) is 5.75 Å². The van der Waals surface area contributed by atoms with Gasteiger partial charge in [-0.2, -0.15) is 0 Å². The number of hydrogen-bond donors (Lipinski definition) is 3. The van der Waals surface area contributed by atoms with Crippen LogP contribution in [0.1, 0.15) is 37.6 Å². The van der Waals surface area contributed by atoms with E-state index in [0.29, 0.717) is 23.4 Å². The number of rotatable bonds is 2. The first-order chi connectivity index (χ1) is 18.7. The van der Waals surface area contributed by atoms with Gasteiger partial charge >= 0.3 is 6.03 Å². The minimum absolute atomic E-state index is 0.347. The summed E-state index contributed by atoms with van der Waals surface area (Å²) >= 11 is 0. The Morgan fingerprint density at radius 1 is 1.03 bits per heavy atom. The Kier molecular flexibility index (Phi) is 7.02. The summed E-state index contributed by atoms with van der Waals surface area (Å²) in [6.07, 6.45) is 5.88. The van der Waals surface area contributed by atoms with Crippen molar-refractivity contribution >= 4 is 39.0 Å². The van der Waals surface area contributed by atoms with Crippen LogP contribution in [-0.4, -0.2) is 21.6 Å². The Hall–Kier alpha value is -4.72. The van der Waals surface area contributed by atoms with Crippen molar-refractivity contribution in [2.75, 3.05) is 11.1 Å². The molecule has 8 heteroatoms. The van der Waals surface area contributed by atoms with Gasteiger partial charge < -0.3 is 21.1 Å². The van der Waals surface area contributed by atoms with E-state index in [1.165, 1.54) is 12.1 Å². The minimum Gasteiger partial charge on any atom is -0.487 e. The number of amides is 2. The number of fused-ring (bicyclic) bond motifs is 3. The molecule has 39 heavy (non-hydrogen) atoms. The van der Waals surface area contributed by atoms with E-state index in [4.69, 9.17) is 10.5 Å². The topological polar surface area (TPSA) is 102 Å². The number of ether oxygens (including phenoxy) is 1. The number of nitrogens with two attached hydrogens (primary N) is 1. The van der Waals surface area contributed by atoms with Gasteiger partial charge in [0.1, 0.15) is 17.2 Å². The highest BCUT2D eigenvalue weighted by molar-refractivity contribution is 6.01. The molecule has 2 aromatic heterocycles. The second kappa shape index (κ2) is 10.6. The molecule has 6 rings (SSSR count). The third-order valence-electron chi connectivity index (χ3n) is 6.60. The number of nitrogen functional groups attached to an aromatic ring is 1. The van der Waals surface area contributed by atoms with Gasteiger partial charge in [-0.3, -0.25) is 9.97 Å². The average Bonchev–Trinajstić information content (AvgIpc) is 2.90. The van der Waals surface area contributed by atoms with Crippen molar-refractivity contribution < 1.29 is 13.9 Å². The molecule has 3 aromatic carbocycles. The predicted molar refractivity (Wildman–Crippen MR) is 153 cm³/mol. The van der Waals surface area contributed by atoms with Gasteiger partial charge in [0.15, 0.2) is 0 Å². The van der Waals surface area contributed by atoms with E-state index in [-0.39, 0.29) is 17.9 Å². The summed E-state index contributed by atoms with van der Waals surface area (Å²) < 4.78 is 19.7. The normalized spacial score (nSPS) is 15.4. The highest BCUT2D eigenvalue weighted by Crippen LogP contribution is 2.39. The van der Waals surface area contributed by atoms with E-state index in [0.717, 1.165) is 32.9 Å². The molecule has 1 aliphatic heterocycles. The Morgan fingerprint density at radius 3 is 2.59 bits per heavy atom. The van der Waals surface area contributed by atoms with Crippen LogP contribution >= 0.6 is 0 Å². The first kappa shape index (κ1) is 25.9. The second-order valence-electron chi connectivity index (χ2n) is 10.2. The number of anilines is 2. The lowest BCUT2D eigenvalue weighted by molar-refractivity contribution is 0.0680. The highest BCUT2D eigenvalue weighted by Gasteiger charge is 2.34. The third-order valence-corrected chi connectivity index (χ3v) is 6.60. The molecule has 0 saturated carbocycles. The monoisotopic (exact) mass is 523 g/mol. The number of benzene rings is 3. The van der Waals surface area contributed by atoms with E-state index in [2.05, 4.69) is 20.6 Å². The summed E-state index contributed by atoms with van der Waals surface area (Å²) in [5.74, 6) is 0.237. The van der Waals surface area contributed by atoms with Crippen molar-refractivity contribution in [3.8, 4) is 5.75 Å². The quantitative estimate of drug-likeness (QED) is 0.218. The molecule has 0 unspecified atom stereocenters. The van der Waals surface area contributed by atoms with E-state index in [1.807, 2.05) is 75.5 Å². The smallest absolute Gasteiger partial charge is 0.319 e. The molecule has 3 heterocycles. The highest BCUT2D eigenvalue weighted by atomic mass is 19.1. The molecule has 4 N–H and O–H groups in total. The fourth-order valence-electron chi connectivity index (χ4n) is 4.80. The summed E-state index contributed by atoms with van der Waals surface area (Å²) in [5, 5.41) is 9.92. The molecule has 0 fully saturated rings. The van der Waals surface area contributed by atoms with E-state index in [1.54, 1.807) is 18.5 Å². The molecular formula is C31H30FN5O2. The third kappa shape index (κ3) is 5.90. The molecule has 0 saturated heterocycles. The van der Waals surface area contributed by atoms with Gasteiger partial charge in [0.2, 0.25) is 0 Å². The lowest BCUT2D eigenvalue weighted by Crippen LogP contribution is -2.42. The number of carbonyl (C=O) groups excluding carboxylic acids is 1. The molecule has 1 aliphatic rings. The molecule has 7 nitrogen and oxygen atoms in total. The van der Waals surface area contributed by atoms with Crippen LogP contribution in [0, 0.1) is 12.7 Å². The zero-order valence-corrected chi connectivity index (χ0v) is 22.0. The Balaban J connectivity index is 0.000000233. The van der Waals surface area contributed by atoms with Crippen LogP contribution in [0.15, 0.2) is 85.3 Å². The zero-order valence-electron chi connectivity index (χ0n) is 22.0. The standard InChI is InChI=1S/C22H22FN3O2.C9H8N2/c1-13-9-16-14(12-24-13)5-4-6-18(16)25-21(27)26-19-11-22(2,3)28-20-8-7-15(23)10-17(19)20;10-9-3-1-2-7-6-11-5-4-8(7)9/h4-10,12,19H,11H2,1-3H3,(H2,25,26,27);1-6H,10H2/t19-;/m1./s1. The molecule has 1 atom stereocenters. The fraction of sp³-hybridized carbons (Fsp3) is 0.194. The Bertz CT molecular complexity index is 1670. The van der Waals surface area contributed by atoms with E-state index < -0.39 is 5.60 Å². The van der Waals surface area contributed by atoms with Crippen LogP contribution in [0.2, 0.25) is 0 Å². The number of pyridine rings is 2. The van der Waals surface area contributed by atoms with Crippen LogP contribution in [0.3, 0.4) is 0 Å². The van der Waals surface area contributed by atoms with Crippen molar-refractivity contribution in [1.82, 2.24) is 15.3 Å². The Morgan fingerprint density at radius 2 is 1.79 bits per heavy atom. The first-order valence-corrected chi connectivity index (χ1v) is 12.7. The van der Waals surface area contributed by atoms with Crippen molar-refractivity contribution in [3.05, 3.63) is 102 Å². The Labute approximate surface area is 226 Å². The zero-order chi connectivity index (χ0) is 27.6. The van der Waals surface area contributed by atoms with Gasteiger partial charge in [-0.15, -0.1) is 0 Å². The summed E-state index contributed by atoms with van der Waals surface area (Å²) in [6, 6.07) is 19.0. The largest absolute Gasteiger partial charge is 0.487 e. The number of hydrogen-bond acceptors (Lipinski definition) is 5. The van der Waals surface area contributed by atoms with Gasteiger partial charge in [0.05, 0.1) is 11.7 Å². The van der Waals surface area contributed by atoms with Gasteiger partial charge in [0, 0.05) is 63.5 Å². The fourth-order valence-corrected chi connectivity index (χ4v) is 4.80. The molecule has 0 bridgehead atoms. The van der Waals surface area contributed by atoms with Gasteiger partial charge in [-0.05, 0) is 63.2 Å². The molecule has 2 amide bonds. The lowest BCUT2D eigenvalue weighted by Gasteiger charge is -2.37. The maximum atomic E-state index is 13.8.